The lowest BCUT2D eigenvalue weighted by Gasteiger charge is -2.20. The van der Waals surface area contributed by atoms with Gasteiger partial charge in [0, 0.05) is 32.9 Å². The summed E-state index contributed by atoms with van der Waals surface area (Å²) in [7, 11) is 3.64. The van der Waals surface area contributed by atoms with Crippen molar-refractivity contribution in [2.45, 2.75) is 39.7 Å². The first kappa shape index (κ1) is 18.1. The van der Waals surface area contributed by atoms with Crippen LogP contribution in [0.5, 0.6) is 0 Å². The summed E-state index contributed by atoms with van der Waals surface area (Å²) >= 11 is 0. The molecule has 0 fully saturated rings. The minimum atomic E-state index is -0.499. The SMILES string of the molecule is Cc1ccc(C(=O)N(C)CCCNC(=O)OC(C)(C)C)n1C. The Morgan fingerprint density at radius 3 is 2.45 bits per heavy atom. The third-order valence-corrected chi connectivity index (χ3v) is 3.28. The minimum absolute atomic E-state index is 0.0205. The topological polar surface area (TPSA) is 63.6 Å². The van der Waals surface area contributed by atoms with Gasteiger partial charge in [-0.05, 0) is 46.2 Å². The Morgan fingerprint density at radius 2 is 1.95 bits per heavy atom. The zero-order valence-corrected chi connectivity index (χ0v) is 14.4. The predicted octanol–water partition coefficient (Wildman–Crippen LogP) is 2.32. The van der Waals surface area contributed by atoms with E-state index in [1.54, 1.807) is 11.9 Å². The number of rotatable bonds is 5. The first-order valence-corrected chi connectivity index (χ1v) is 7.46. The summed E-state index contributed by atoms with van der Waals surface area (Å²) in [6.07, 6.45) is 0.241. The lowest BCUT2D eigenvalue weighted by atomic mass is 10.2. The zero-order valence-electron chi connectivity index (χ0n) is 14.4. The summed E-state index contributed by atoms with van der Waals surface area (Å²) < 4.78 is 7.02. The highest BCUT2D eigenvalue weighted by molar-refractivity contribution is 5.92. The average molecular weight is 309 g/mol. The van der Waals surface area contributed by atoms with Crippen LogP contribution in [-0.4, -0.2) is 47.2 Å². The molecule has 0 bridgehead atoms. The van der Waals surface area contributed by atoms with Crippen LogP contribution in [0.1, 0.15) is 43.4 Å². The van der Waals surface area contributed by atoms with Crippen molar-refractivity contribution in [3.8, 4) is 0 Å². The molecule has 1 aromatic heterocycles. The summed E-state index contributed by atoms with van der Waals surface area (Å²) in [5.74, 6) is -0.0205. The molecular weight excluding hydrogens is 282 g/mol. The van der Waals surface area contributed by atoms with Crippen molar-refractivity contribution in [3.63, 3.8) is 0 Å². The molecular formula is C16H27N3O3. The highest BCUT2D eigenvalue weighted by Crippen LogP contribution is 2.09. The Morgan fingerprint density at radius 1 is 1.32 bits per heavy atom. The van der Waals surface area contributed by atoms with Crippen LogP contribution in [-0.2, 0) is 11.8 Å². The smallest absolute Gasteiger partial charge is 0.407 e. The number of ether oxygens (including phenoxy) is 1. The van der Waals surface area contributed by atoms with E-state index in [4.69, 9.17) is 4.74 Å². The fourth-order valence-electron chi connectivity index (χ4n) is 1.95. The molecule has 22 heavy (non-hydrogen) atoms. The number of nitrogens with one attached hydrogen (secondary N) is 1. The molecule has 6 nitrogen and oxygen atoms in total. The molecule has 0 spiro atoms. The molecule has 0 aromatic carbocycles. The Balaban J connectivity index is 2.35. The van der Waals surface area contributed by atoms with Crippen molar-refractivity contribution >= 4 is 12.0 Å². The van der Waals surface area contributed by atoms with Gasteiger partial charge in [-0.15, -0.1) is 0 Å². The normalized spacial score (nSPS) is 11.2. The van der Waals surface area contributed by atoms with Gasteiger partial charge in [0.15, 0.2) is 0 Å². The van der Waals surface area contributed by atoms with Gasteiger partial charge in [-0.25, -0.2) is 4.79 Å². The molecule has 6 heteroatoms. The molecule has 0 unspecified atom stereocenters. The molecule has 0 aliphatic heterocycles. The summed E-state index contributed by atoms with van der Waals surface area (Å²) in [5, 5.41) is 2.68. The third-order valence-electron chi connectivity index (χ3n) is 3.28. The fourth-order valence-corrected chi connectivity index (χ4v) is 1.95. The largest absolute Gasteiger partial charge is 0.444 e. The number of hydrogen-bond acceptors (Lipinski definition) is 3. The van der Waals surface area contributed by atoms with Gasteiger partial charge in [-0.3, -0.25) is 4.79 Å². The van der Waals surface area contributed by atoms with Crippen LogP contribution in [0.2, 0.25) is 0 Å². The van der Waals surface area contributed by atoms with E-state index < -0.39 is 11.7 Å². The second kappa shape index (κ2) is 7.33. The molecule has 1 rings (SSSR count). The Hall–Kier alpha value is -1.98. The van der Waals surface area contributed by atoms with Gasteiger partial charge in [0.05, 0.1) is 0 Å². The molecule has 0 saturated carbocycles. The van der Waals surface area contributed by atoms with E-state index in [9.17, 15) is 9.59 Å². The third kappa shape index (κ3) is 5.42. The molecule has 0 aliphatic rings. The van der Waals surface area contributed by atoms with Gasteiger partial charge in [-0.2, -0.15) is 0 Å². The highest BCUT2D eigenvalue weighted by atomic mass is 16.6. The van der Waals surface area contributed by atoms with Gasteiger partial charge < -0.3 is 19.5 Å². The van der Waals surface area contributed by atoms with E-state index in [-0.39, 0.29) is 5.91 Å². The van der Waals surface area contributed by atoms with Crippen molar-refractivity contribution < 1.29 is 14.3 Å². The maximum atomic E-state index is 12.3. The van der Waals surface area contributed by atoms with Crippen LogP contribution in [0.4, 0.5) is 4.79 Å². The number of carbonyl (C=O) groups excluding carboxylic acids is 2. The van der Waals surface area contributed by atoms with Gasteiger partial charge >= 0.3 is 6.09 Å². The second-order valence-corrected chi connectivity index (χ2v) is 6.43. The first-order valence-electron chi connectivity index (χ1n) is 7.46. The van der Waals surface area contributed by atoms with E-state index in [1.165, 1.54) is 0 Å². The number of amides is 2. The van der Waals surface area contributed by atoms with E-state index in [2.05, 4.69) is 5.32 Å². The number of aromatic nitrogens is 1. The fraction of sp³-hybridized carbons (Fsp3) is 0.625. The van der Waals surface area contributed by atoms with Crippen LogP contribution in [0.15, 0.2) is 12.1 Å². The van der Waals surface area contributed by atoms with Crippen LogP contribution >= 0.6 is 0 Å². The monoisotopic (exact) mass is 309 g/mol. The summed E-state index contributed by atoms with van der Waals surface area (Å²) in [6, 6.07) is 3.75. The van der Waals surface area contributed by atoms with Crippen molar-refractivity contribution in [2.24, 2.45) is 7.05 Å². The Kier molecular flexibility index (Phi) is 6.02. The van der Waals surface area contributed by atoms with Crippen molar-refractivity contribution in [2.75, 3.05) is 20.1 Å². The van der Waals surface area contributed by atoms with Gasteiger partial charge in [-0.1, -0.05) is 0 Å². The quantitative estimate of drug-likeness (QED) is 0.849. The van der Waals surface area contributed by atoms with Crippen LogP contribution in [0.25, 0.3) is 0 Å². The number of alkyl carbamates (subject to hydrolysis) is 1. The standard InChI is InChI=1S/C16H27N3O3/c1-12-8-9-13(19(12)6)14(20)18(5)11-7-10-17-15(21)22-16(2,3)4/h8-9H,7,10-11H2,1-6H3,(H,17,21). The number of nitrogens with zero attached hydrogens (tertiary/aromatic N) is 2. The molecule has 0 radical (unpaired) electrons. The first-order chi connectivity index (χ1) is 10.1. The lowest BCUT2D eigenvalue weighted by molar-refractivity contribution is 0.0526. The molecule has 0 atom stereocenters. The lowest BCUT2D eigenvalue weighted by Crippen LogP contribution is -2.35. The molecule has 1 heterocycles. The Bertz CT molecular complexity index is 529. The van der Waals surface area contributed by atoms with Crippen LogP contribution < -0.4 is 5.32 Å². The number of carbonyl (C=O) groups is 2. The van der Waals surface area contributed by atoms with Gasteiger partial charge in [0.2, 0.25) is 0 Å². The molecule has 1 N–H and O–H groups in total. The summed E-state index contributed by atoms with van der Waals surface area (Å²) in [6.45, 7) is 8.46. The number of hydrogen-bond donors (Lipinski definition) is 1. The van der Waals surface area contributed by atoms with E-state index in [1.807, 2.05) is 51.4 Å². The van der Waals surface area contributed by atoms with E-state index in [0.29, 0.717) is 25.2 Å². The van der Waals surface area contributed by atoms with Gasteiger partial charge in [0.25, 0.3) is 5.91 Å². The van der Waals surface area contributed by atoms with Crippen molar-refractivity contribution in [3.05, 3.63) is 23.5 Å². The van der Waals surface area contributed by atoms with Gasteiger partial charge in [0.1, 0.15) is 11.3 Å². The van der Waals surface area contributed by atoms with E-state index >= 15 is 0 Å². The second-order valence-electron chi connectivity index (χ2n) is 6.43. The van der Waals surface area contributed by atoms with Crippen LogP contribution in [0, 0.1) is 6.92 Å². The summed E-state index contributed by atoms with van der Waals surface area (Å²) in [5.41, 5.74) is 1.21. The van der Waals surface area contributed by atoms with Crippen molar-refractivity contribution in [1.29, 1.82) is 0 Å². The maximum absolute atomic E-state index is 12.3. The molecule has 0 saturated heterocycles. The average Bonchev–Trinajstić information content (AvgIpc) is 2.72. The van der Waals surface area contributed by atoms with Crippen LogP contribution in [0.3, 0.4) is 0 Å². The molecule has 1 aromatic rings. The summed E-state index contributed by atoms with van der Waals surface area (Å²) in [4.78, 5) is 25.4. The predicted molar refractivity (Wildman–Crippen MR) is 86.0 cm³/mol. The Labute approximate surface area is 132 Å². The van der Waals surface area contributed by atoms with Crippen molar-refractivity contribution in [1.82, 2.24) is 14.8 Å². The van der Waals surface area contributed by atoms with E-state index in [0.717, 1.165) is 5.69 Å². The highest BCUT2D eigenvalue weighted by Gasteiger charge is 2.17. The minimum Gasteiger partial charge on any atom is -0.444 e. The zero-order chi connectivity index (χ0) is 16.9. The maximum Gasteiger partial charge on any atom is 0.407 e. The molecule has 0 aliphatic carbocycles. The number of aryl methyl sites for hydroxylation is 1. The molecule has 124 valence electrons. The molecule has 2 amide bonds.